The molecule has 0 atom stereocenters. The van der Waals surface area contributed by atoms with Gasteiger partial charge in [-0.15, -0.1) is 0 Å². The smallest absolute Gasteiger partial charge is 0.176 e. The van der Waals surface area contributed by atoms with Crippen molar-refractivity contribution < 1.29 is 8.42 Å². The first kappa shape index (κ1) is 20.2. The van der Waals surface area contributed by atoms with Crippen LogP contribution in [0.25, 0.3) is 22.2 Å². The fraction of sp³-hybridized carbons (Fsp3) is 0.0952. The van der Waals surface area contributed by atoms with Crippen molar-refractivity contribution in [3.05, 3.63) is 66.2 Å². The van der Waals surface area contributed by atoms with Crippen LogP contribution in [0.5, 0.6) is 0 Å². The van der Waals surface area contributed by atoms with Crippen LogP contribution in [-0.4, -0.2) is 34.6 Å². The van der Waals surface area contributed by atoms with E-state index in [0.29, 0.717) is 22.2 Å². The summed E-state index contributed by atoms with van der Waals surface area (Å²) >= 11 is 0. The fourth-order valence-corrected chi connectivity index (χ4v) is 4.19. The fourth-order valence-electron chi connectivity index (χ4n) is 3.29. The molecule has 0 unspecified atom stereocenters. The van der Waals surface area contributed by atoms with E-state index in [4.69, 9.17) is 5.73 Å². The first-order valence-electron chi connectivity index (χ1n) is 9.16. The van der Waals surface area contributed by atoms with Gasteiger partial charge in [-0.3, -0.25) is 9.97 Å². The Kier molecular flexibility index (Phi) is 5.19. The molecule has 31 heavy (non-hydrogen) atoms. The largest absolute Gasteiger partial charge is 0.382 e. The Morgan fingerprint density at radius 3 is 2.45 bits per heavy atom. The number of hydrogen-bond donors (Lipinski definition) is 2. The molecule has 0 amide bonds. The van der Waals surface area contributed by atoms with Crippen LogP contribution >= 0.6 is 0 Å². The lowest BCUT2D eigenvalue weighted by molar-refractivity contribution is 0.602. The molecule has 4 aromatic rings. The second-order valence-corrected chi connectivity index (χ2v) is 8.75. The van der Waals surface area contributed by atoms with E-state index in [-0.39, 0.29) is 28.6 Å². The summed E-state index contributed by atoms with van der Waals surface area (Å²) in [7, 11) is -3.47. The summed E-state index contributed by atoms with van der Waals surface area (Å²) in [6.45, 7) is 0.241. The minimum absolute atomic E-state index is 0.0759. The predicted molar refractivity (Wildman–Crippen MR) is 117 cm³/mol. The molecule has 2 aromatic heterocycles. The van der Waals surface area contributed by atoms with Crippen molar-refractivity contribution >= 4 is 32.5 Å². The normalized spacial score (nSPS) is 11.2. The number of anilines is 2. The van der Waals surface area contributed by atoms with E-state index in [2.05, 4.69) is 25.3 Å². The highest BCUT2D eigenvalue weighted by atomic mass is 32.2. The van der Waals surface area contributed by atoms with Crippen molar-refractivity contribution in [1.82, 2.24) is 19.9 Å². The number of nitrogen functional groups attached to an aromatic ring is 1. The van der Waals surface area contributed by atoms with Crippen LogP contribution in [0.4, 0.5) is 11.6 Å². The zero-order valence-corrected chi connectivity index (χ0v) is 17.3. The minimum Gasteiger partial charge on any atom is -0.382 e. The van der Waals surface area contributed by atoms with Crippen LogP contribution < -0.4 is 11.1 Å². The van der Waals surface area contributed by atoms with E-state index < -0.39 is 9.84 Å². The van der Waals surface area contributed by atoms with Crippen molar-refractivity contribution in [2.24, 2.45) is 0 Å². The van der Waals surface area contributed by atoms with Crippen LogP contribution in [0.3, 0.4) is 0 Å². The van der Waals surface area contributed by atoms with Gasteiger partial charge in [-0.1, -0.05) is 18.2 Å². The van der Waals surface area contributed by atoms with Crippen LogP contribution in [0, 0.1) is 11.3 Å². The topological polar surface area (TPSA) is 148 Å². The number of benzene rings is 2. The second-order valence-electron chi connectivity index (χ2n) is 6.77. The van der Waals surface area contributed by atoms with Gasteiger partial charge >= 0.3 is 0 Å². The highest BCUT2D eigenvalue weighted by Crippen LogP contribution is 2.33. The molecule has 0 aliphatic carbocycles. The maximum absolute atomic E-state index is 12.4. The van der Waals surface area contributed by atoms with Crippen LogP contribution in [0.15, 0.2) is 60.0 Å². The third kappa shape index (κ3) is 3.99. The van der Waals surface area contributed by atoms with Crippen LogP contribution in [0.2, 0.25) is 0 Å². The second kappa shape index (κ2) is 7.97. The van der Waals surface area contributed by atoms with Crippen LogP contribution in [-0.2, 0) is 16.4 Å². The van der Waals surface area contributed by atoms with Gasteiger partial charge in [0, 0.05) is 30.8 Å². The van der Waals surface area contributed by atoms with Crippen molar-refractivity contribution in [3.63, 3.8) is 0 Å². The van der Waals surface area contributed by atoms with Gasteiger partial charge in [0.1, 0.15) is 29.6 Å². The molecule has 154 valence electrons. The van der Waals surface area contributed by atoms with Gasteiger partial charge in [0.15, 0.2) is 9.84 Å². The summed E-state index contributed by atoms with van der Waals surface area (Å²) in [6, 6.07) is 12.4. The number of sulfone groups is 1. The predicted octanol–water partition coefficient (Wildman–Crippen LogP) is 2.56. The number of fused-ring (bicyclic) bond motifs is 1. The lowest BCUT2D eigenvalue weighted by Crippen LogP contribution is -2.08. The maximum atomic E-state index is 12.4. The summed E-state index contributed by atoms with van der Waals surface area (Å²) in [5.74, 6) is 0.364. The lowest BCUT2D eigenvalue weighted by Gasteiger charge is -2.15. The number of nitrogens with one attached hydrogen (secondary N) is 1. The molecule has 0 fully saturated rings. The summed E-state index contributed by atoms with van der Waals surface area (Å²) in [6.07, 6.45) is 5.61. The Hall–Kier alpha value is -4.10. The Labute approximate surface area is 178 Å². The number of nitriles is 1. The molecular weight excluding hydrogens is 414 g/mol. The Balaban J connectivity index is 1.87. The Morgan fingerprint density at radius 1 is 1.03 bits per heavy atom. The minimum atomic E-state index is -3.47. The van der Waals surface area contributed by atoms with E-state index in [1.165, 1.54) is 12.6 Å². The molecule has 0 bridgehead atoms. The molecule has 0 aliphatic heterocycles. The summed E-state index contributed by atoms with van der Waals surface area (Å²) in [4.78, 5) is 16.8. The molecule has 2 heterocycles. The molecule has 2 aromatic carbocycles. The zero-order chi connectivity index (χ0) is 22.0. The molecule has 0 spiro atoms. The average molecular weight is 431 g/mol. The van der Waals surface area contributed by atoms with Gasteiger partial charge in [-0.25, -0.2) is 18.4 Å². The number of nitrogens with two attached hydrogens (primary N) is 1. The molecular formula is C21H17N7O2S. The number of rotatable bonds is 5. The van der Waals surface area contributed by atoms with E-state index in [1.807, 2.05) is 18.2 Å². The van der Waals surface area contributed by atoms with E-state index >= 15 is 0 Å². The summed E-state index contributed by atoms with van der Waals surface area (Å²) in [5, 5.41) is 12.5. The molecule has 10 heteroatoms. The first-order valence-corrected chi connectivity index (χ1v) is 11.0. The van der Waals surface area contributed by atoms with E-state index in [9.17, 15) is 13.7 Å². The van der Waals surface area contributed by atoms with Gasteiger partial charge in [-0.2, -0.15) is 5.26 Å². The summed E-state index contributed by atoms with van der Waals surface area (Å²) in [5.41, 5.74) is 9.18. The summed E-state index contributed by atoms with van der Waals surface area (Å²) < 4.78 is 24.8. The van der Waals surface area contributed by atoms with Gasteiger partial charge < -0.3 is 11.1 Å². The van der Waals surface area contributed by atoms with Crippen molar-refractivity contribution in [2.75, 3.05) is 17.3 Å². The molecule has 9 nitrogen and oxygen atoms in total. The quantitative estimate of drug-likeness (QED) is 0.486. The molecule has 0 saturated heterocycles. The molecule has 4 rings (SSSR count). The SMILES string of the molecule is CS(=O)(=O)c1ccccc1-c1cc2nccnc2cc1CNc1ncnc(N)c1C#N. The van der Waals surface area contributed by atoms with Crippen LogP contribution in [0.1, 0.15) is 11.1 Å². The van der Waals surface area contributed by atoms with E-state index in [1.54, 1.807) is 36.7 Å². The molecule has 0 radical (unpaired) electrons. The van der Waals surface area contributed by atoms with Gasteiger partial charge in [-0.05, 0) is 29.3 Å². The van der Waals surface area contributed by atoms with Gasteiger partial charge in [0.25, 0.3) is 0 Å². The first-order chi connectivity index (χ1) is 14.9. The Morgan fingerprint density at radius 2 is 1.74 bits per heavy atom. The molecule has 0 saturated carbocycles. The third-order valence-electron chi connectivity index (χ3n) is 4.71. The maximum Gasteiger partial charge on any atom is 0.176 e. The highest BCUT2D eigenvalue weighted by molar-refractivity contribution is 7.90. The van der Waals surface area contributed by atoms with E-state index in [0.717, 1.165) is 5.56 Å². The van der Waals surface area contributed by atoms with Gasteiger partial charge in [0.05, 0.1) is 15.9 Å². The van der Waals surface area contributed by atoms with Crippen molar-refractivity contribution in [3.8, 4) is 17.2 Å². The van der Waals surface area contributed by atoms with Crippen molar-refractivity contribution in [2.45, 2.75) is 11.4 Å². The number of nitrogens with zero attached hydrogens (tertiary/aromatic N) is 5. The average Bonchev–Trinajstić information content (AvgIpc) is 2.76. The Bertz CT molecular complexity index is 1450. The molecule has 0 aliphatic rings. The molecule has 3 N–H and O–H groups in total. The highest BCUT2D eigenvalue weighted by Gasteiger charge is 2.18. The zero-order valence-electron chi connectivity index (χ0n) is 16.4. The number of hydrogen-bond acceptors (Lipinski definition) is 9. The third-order valence-corrected chi connectivity index (χ3v) is 5.86. The standard InChI is InChI=1S/C21H17N7O2S/c1-31(29,30)19-5-3-2-4-14(19)15-9-18-17(24-6-7-25-18)8-13(15)11-26-21-16(10-22)20(23)27-12-28-21/h2-9,12H,11H2,1H3,(H3,23,26,27,28). The number of aromatic nitrogens is 4. The lowest BCUT2D eigenvalue weighted by atomic mass is 9.98. The van der Waals surface area contributed by atoms with Gasteiger partial charge in [0.2, 0.25) is 0 Å². The monoisotopic (exact) mass is 431 g/mol. The van der Waals surface area contributed by atoms with Crippen molar-refractivity contribution in [1.29, 1.82) is 5.26 Å².